The molecule has 0 atom stereocenters. The lowest BCUT2D eigenvalue weighted by atomic mass is 10.1. The minimum Gasteiger partial charge on any atom is -0.389 e. The first-order valence-electron chi connectivity index (χ1n) is 8.75. The number of aromatic nitrogens is 2. The molecule has 7 heteroatoms. The van der Waals surface area contributed by atoms with Gasteiger partial charge in [-0.25, -0.2) is 0 Å². The third kappa shape index (κ3) is 4.21. The molecule has 2 fully saturated rings. The third-order valence-corrected chi connectivity index (χ3v) is 4.57. The number of carbonyl (C=O) groups is 1. The summed E-state index contributed by atoms with van der Waals surface area (Å²) in [6.07, 6.45) is 2.38. The van der Waals surface area contributed by atoms with Crippen molar-refractivity contribution in [3.8, 4) is 0 Å². The average molecular weight is 333 g/mol. The van der Waals surface area contributed by atoms with Crippen molar-refractivity contribution in [1.82, 2.24) is 20.0 Å². The van der Waals surface area contributed by atoms with Crippen LogP contribution in [-0.4, -0.2) is 82.4 Å². The molecule has 0 bridgehead atoms. The molecule has 1 aromatic rings. The van der Waals surface area contributed by atoms with Crippen molar-refractivity contribution < 1.29 is 9.90 Å². The van der Waals surface area contributed by atoms with Crippen LogP contribution in [0, 0.1) is 0 Å². The standard InChI is InChI=1S/C17H27N5O2/c1-17(2,24)13-20-9-11-22(12-10-20)16(23)14-5-6-15(19-18-14)21-7-3-4-8-21/h5-6,24H,3-4,7-13H2,1-2H3. The lowest BCUT2D eigenvalue weighted by Crippen LogP contribution is -2.52. The monoisotopic (exact) mass is 333 g/mol. The van der Waals surface area contributed by atoms with E-state index < -0.39 is 5.60 Å². The summed E-state index contributed by atoms with van der Waals surface area (Å²) in [7, 11) is 0. The van der Waals surface area contributed by atoms with Crippen LogP contribution < -0.4 is 4.90 Å². The van der Waals surface area contributed by atoms with Gasteiger partial charge in [-0.3, -0.25) is 9.69 Å². The molecule has 2 aliphatic heterocycles. The highest BCUT2D eigenvalue weighted by atomic mass is 16.3. The lowest BCUT2D eigenvalue weighted by Gasteiger charge is -2.37. The molecule has 1 amide bonds. The van der Waals surface area contributed by atoms with Crippen LogP contribution in [0.15, 0.2) is 12.1 Å². The Morgan fingerprint density at radius 1 is 1.08 bits per heavy atom. The van der Waals surface area contributed by atoms with E-state index in [0.29, 0.717) is 25.3 Å². The SMILES string of the molecule is CC(C)(O)CN1CCN(C(=O)c2ccc(N3CCCC3)nn2)CC1. The van der Waals surface area contributed by atoms with Crippen molar-refractivity contribution in [3.63, 3.8) is 0 Å². The van der Waals surface area contributed by atoms with E-state index in [1.807, 2.05) is 24.8 Å². The van der Waals surface area contributed by atoms with Gasteiger partial charge in [-0.1, -0.05) is 0 Å². The number of β-amino-alcohol motifs (C(OH)–C–C–N with tert-alkyl or cyclic N) is 1. The number of hydrogen-bond acceptors (Lipinski definition) is 6. The number of nitrogens with zero attached hydrogens (tertiary/aromatic N) is 5. The Balaban J connectivity index is 1.55. The van der Waals surface area contributed by atoms with Gasteiger partial charge < -0.3 is 14.9 Å². The van der Waals surface area contributed by atoms with Gasteiger partial charge in [-0.2, -0.15) is 0 Å². The topological polar surface area (TPSA) is 72.8 Å². The second kappa shape index (κ2) is 7.03. The second-order valence-electron chi connectivity index (χ2n) is 7.35. The van der Waals surface area contributed by atoms with Crippen molar-refractivity contribution in [1.29, 1.82) is 0 Å². The van der Waals surface area contributed by atoms with E-state index in [1.54, 1.807) is 6.07 Å². The molecule has 3 rings (SSSR count). The molecule has 1 aromatic heterocycles. The Morgan fingerprint density at radius 3 is 2.29 bits per heavy atom. The zero-order chi connectivity index (χ0) is 17.2. The number of carbonyl (C=O) groups excluding carboxylic acids is 1. The molecular weight excluding hydrogens is 306 g/mol. The first kappa shape index (κ1) is 17.1. The largest absolute Gasteiger partial charge is 0.389 e. The maximum atomic E-state index is 12.6. The van der Waals surface area contributed by atoms with E-state index in [4.69, 9.17) is 0 Å². The van der Waals surface area contributed by atoms with Gasteiger partial charge in [-0.05, 0) is 38.8 Å². The van der Waals surface area contributed by atoms with Crippen LogP contribution in [0.1, 0.15) is 37.2 Å². The Hall–Kier alpha value is -1.73. The van der Waals surface area contributed by atoms with Gasteiger partial charge in [0, 0.05) is 45.8 Å². The highest BCUT2D eigenvalue weighted by Gasteiger charge is 2.26. The van der Waals surface area contributed by atoms with Gasteiger partial charge >= 0.3 is 0 Å². The van der Waals surface area contributed by atoms with Crippen molar-refractivity contribution in [2.45, 2.75) is 32.3 Å². The fourth-order valence-electron chi connectivity index (χ4n) is 3.37. The molecule has 0 radical (unpaired) electrons. The summed E-state index contributed by atoms with van der Waals surface area (Å²) in [6, 6.07) is 3.68. The Kier molecular flexibility index (Phi) is 5.01. The summed E-state index contributed by atoms with van der Waals surface area (Å²) < 4.78 is 0. The molecule has 7 nitrogen and oxygen atoms in total. The molecule has 132 valence electrons. The lowest BCUT2D eigenvalue weighted by molar-refractivity contribution is 0.0177. The number of aliphatic hydroxyl groups is 1. The van der Waals surface area contributed by atoms with Gasteiger partial charge in [0.15, 0.2) is 11.5 Å². The number of amides is 1. The first-order chi connectivity index (χ1) is 11.4. The maximum absolute atomic E-state index is 12.6. The molecular formula is C17H27N5O2. The fraction of sp³-hybridized carbons (Fsp3) is 0.706. The zero-order valence-corrected chi connectivity index (χ0v) is 14.6. The number of hydrogen-bond donors (Lipinski definition) is 1. The summed E-state index contributed by atoms with van der Waals surface area (Å²) in [5.41, 5.74) is -0.294. The molecule has 1 N–H and O–H groups in total. The highest BCUT2D eigenvalue weighted by Crippen LogP contribution is 2.17. The normalized spacial score (nSPS) is 19.8. The second-order valence-corrected chi connectivity index (χ2v) is 7.35. The summed E-state index contributed by atoms with van der Waals surface area (Å²) in [6.45, 7) is 9.14. The first-order valence-corrected chi connectivity index (χ1v) is 8.75. The molecule has 0 spiro atoms. The van der Waals surface area contributed by atoms with E-state index in [9.17, 15) is 9.90 Å². The highest BCUT2D eigenvalue weighted by molar-refractivity contribution is 5.92. The fourth-order valence-corrected chi connectivity index (χ4v) is 3.37. The molecule has 3 heterocycles. The van der Waals surface area contributed by atoms with Crippen molar-refractivity contribution >= 4 is 11.7 Å². The number of anilines is 1. The molecule has 2 saturated heterocycles. The average Bonchev–Trinajstić information content (AvgIpc) is 3.08. The van der Waals surface area contributed by atoms with Crippen LogP contribution in [0.2, 0.25) is 0 Å². The Labute approximate surface area is 143 Å². The Morgan fingerprint density at radius 2 is 1.75 bits per heavy atom. The third-order valence-electron chi connectivity index (χ3n) is 4.57. The maximum Gasteiger partial charge on any atom is 0.274 e. The van der Waals surface area contributed by atoms with Gasteiger partial charge in [0.2, 0.25) is 0 Å². The van der Waals surface area contributed by atoms with Gasteiger partial charge in [-0.15, -0.1) is 10.2 Å². The zero-order valence-electron chi connectivity index (χ0n) is 14.6. The van der Waals surface area contributed by atoms with E-state index in [0.717, 1.165) is 32.0 Å². The van der Waals surface area contributed by atoms with Crippen molar-refractivity contribution in [2.24, 2.45) is 0 Å². The van der Waals surface area contributed by atoms with E-state index in [2.05, 4.69) is 20.0 Å². The molecule has 0 aliphatic carbocycles. The summed E-state index contributed by atoms with van der Waals surface area (Å²) in [5, 5.41) is 18.3. The van der Waals surface area contributed by atoms with Crippen LogP contribution in [0.4, 0.5) is 5.82 Å². The van der Waals surface area contributed by atoms with Crippen LogP contribution in [0.25, 0.3) is 0 Å². The number of piperazine rings is 1. The van der Waals surface area contributed by atoms with E-state index in [1.165, 1.54) is 12.8 Å². The Bertz CT molecular complexity index is 555. The van der Waals surface area contributed by atoms with Gasteiger partial charge in [0.1, 0.15) is 0 Å². The molecule has 2 aliphatic rings. The predicted molar refractivity (Wildman–Crippen MR) is 92.1 cm³/mol. The van der Waals surface area contributed by atoms with Crippen LogP contribution >= 0.6 is 0 Å². The number of rotatable bonds is 4. The molecule has 0 unspecified atom stereocenters. The van der Waals surface area contributed by atoms with Crippen LogP contribution in [0.3, 0.4) is 0 Å². The van der Waals surface area contributed by atoms with Gasteiger partial charge in [0.25, 0.3) is 5.91 Å². The summed E-state index contributed by atoms with van der Waals surface area (Å²) >= 11 is 0. The minimum atomic E-state index is -0.705. The summed E-state index contributed by atoms with van der Waals surface area (Å²) in [5.74, 6) is 0.803. The minimum absolute atomic E-state index is 0.0571. The van der Waals surface area contributed by atoms with E-state index in [-0.39, 0.29) is 5.91 Å². The smallest absolute Gasteiger partial charge is 0.274 e. The van der Waals surface area contributed by atoms with Gasteiger partial charge in [0.05, 0.1) is 5.60 Å². The predicted octanol–water partition coefficient (Wildman–Crippen LogP) is 0.605. The van der Waals surface area contributed by atoms with Crippen LogP contribution in [0.5, 0.6) is 0 Å². The van der Waals surface area contributed by atoms with E-state index >= 15 is 0 Å². The van der Waals surface area contributed by atoms with Crippen molar-refractivity contribution in [3.05, 3.63) is 17.8 Å². The molecule has 24 heavy (non-hydrogen) atoms. The van der Waals surface area contributed by atoms with Crippen molar-refractivity contribution in [2.75, 3.05) is 50.7 Å². The quantitative estimate of drug-likeness (QED) is 0.870. The van der Waals surface area contributed by atoms with Crippen LogP contribution in [-0.2, 0) is 0 Å². The molecule has 0 aromatic carbocycles. The molecule has 0 saturated carbocycles. The summed E-state index contributed by atoms with van der Waals surface area (Å²) in [4.78, 5) is 18.8.